The standard InChI is InChI=1S/C21H21N5O3S/c1-2-3-8-13-24-19(27)16-10-5-7-12-18(16)25-20(24)22-23-21(25)30-14-15-9-4-6-11-17(15)26(28)29/h4-7,9-12H,2-3,8,13-14H2,1H3. The molecule has 0 aliphatic heterocycles. The van der Waals surface area contributed by atoms with Gasteiger partial charge < -0.3 is 0 Å². The van der Waals surface area contributed by atoms with Crippen molar-refractivity contribution in [3.05, 3.63) is 74.6 Å². The van der Waals surface area contributed by atoms with E-state index in [1.54, 1.807) is 22.8 Å². The second-order valence-corrected chi connectivity index (χ2v) is 7.92. The number of hydrogen-bond donors (Lipinski definition) is 0. The van der Waals surface area contributed by atoms with Crippen LogP contribution < -0.4 is 5.56 Å². The number of aromatic nitrogens is 4. The van der Waals surface area contributed by atoms with E-state index in [1.807, 2.05) is 28.7 Å². The fourth-order valence-corrected chi connectivity index (χ4v) is 4.44. The Hall–Kier alpha value is -3.20. The van der Waals surface area contributed by atoms with Crippen LogP contribution in [0.3, 0.4) is 0 Å². The lowest BCUT2D eigenvalue weighted by molar-refractivity contribution is -0.385. The summed E-state index contributed by atoms with van der Waals surface area (Å²) in [4.78, 5) is 24.0. The van der Waals surface area contributed by atoms with Gasteiger partial charge in [-0.3, -0.25) is 23.9 Å². The van der Waals surface area contributed by atoms with Gasteiger partial charge >= 0.3 is 0 Å². The number of para-hydroxylation sites is 2. The van der Waals surface area contributed by atoms with Gasteiger partial charge in [0.1, 0.15) is 0 Å². The summed E-state index contributed by atoms with van der Waals surface area (Å²) in [7, 11) is 0. The van der Waals surface area contributed by atoms with Crippen LogP contribution in [0.5, 0.6) is 0 Å². The van der Waals surface area contributed by atoms with Crippen molar-refractivity contribution in [3.8, 4) is 0 Å². The fraction of sp³-hybridized carbons (Fsp3) is 0.286. The molecule has 0 saturated carbocycles. The summed E-state index contributed by atoms with van der Waals surface area (Å²) in [5.74, 6) is 0.876. The molecule has 0 spiro atoms. The number of rotatable bonds is 8. The first-order valence-electron chi connectivity index (χ1n) is 9.83. The molecule has 4 rings (SSSR count). The van der Waals surface area contributed by atoms with Gasteiger partial charge in [-0.2, -0.15) is 0 Å². The quantitative estimate of drug-likeness (QED) is 0.180. The second kappa shape index (κ2) is 8.66. The summed E-state index contributed by atoms with van der Waals surface area (Å²) in [6.07, 6.45) is 2.97. The molecule has 0 aliphatic rings. The van der Waals surface area contributed by atoms with E-state index in [0.717, 1.165) is 24.8 Å². The van der Waals surface area contributed by atoms with Crippen LogP contribution in [0, 0.1) is 10.1 Å². The van der Waals surface area contributed by atoms with Crippen molar-refractivity contribution in [2.24, 2.45) is 0 Å². The van der Waals surface area contributed by atoms with E-state index in [-0.39, 0.29) is 16.2 Å². The largest absolute Gasteiger partial charge is 0.276 e. The second-order valence-electron chi connectivity index (χ2n) is 6.97. The van der Waals surface area contributed by atoms with Crippen molar-refractivity contribution in [2.45, 2.75) is 43.6 Å². The number of nitro benzene ring substituents is 1. The summed E-state index contributed by atoms with van der Waals surface area (Å²) in [5, 5.41) is 21.1. The molecule has 0 bridgehead atoms. The van der Waals surface area contributed by atoms with Crippen LogP contribution in [0.2, 0.25) is 0 Å². The predicted octanol–water partition coefficient (Wildman–Crippen LogP) is 4.43. The zero-order valence-corrected chi connectivity index (χ0v) is 17.3. The summed E-state index contributed by atoms with van der Waals surface area (Å²) in [5.41, 5.74) is 1.36. The molecule has 0 aliphatic carbocycles. The van der Waals surface area contributed by atoms with Crippen LogP contribution in [0.25, 0.3) is 16.7 Å². The maximum atomic E-state index is 13.0. The molecule has 0 unspecified atom stereocenters. The summed E-state index contributed by atoms with van der Waals surface area (Å²) in [6, 6.07) is 14.1. The number of benzene rings is 2. The smallest absolute Gasteiger partial charge is 0.273 e. The van der Waals surface area contributed by atoms with Gasteiger partial charge in [0.15, 0.2) is 5.16 Å². The van der Waals surface area contributed by atoms with E-state index < -0.39 is 0 Å². The zero-order valence-electron chi connectivity index (χ0n) is 16.5. The molecule has 0 saturated heterocycles. The highest BCUT2D eigenvalue weighted by Gasteiger charge is 2.18. The molecule has 0 amide bonds. The van der Waals surface area contributed by atoms with Crippen LogP contribution in [0.1, 0.15) is 31.7 Å². The molecular weight excluding hydrogens is 402 g/mol. The Morgan fingerprint density at radius 3 is 2.63 bits per heavy atom. The number of aryl methyl sites for hydroxylation is 1. The minimum absolute atomic E-state index is 0.0724. The first-order valence-corrected chi connectivity index (χ1v) is 10.8. The first-order chi connectivity index (χ1) is 14.6. The Morgan fingerprint density at radius 2 is 1.83 bits per heavy atom. The molecule has 0 radical (unpaired) electrons. The zero-order chi connectivity index (χ0) is 21.1. The van der Waals surface area contributed by atoms with Gasteiger partial charge in [0, 0.05) is 23.9 Å². The number of fused-ring (bicyclic) bond motifs is 3. The van der Waals surface area contributed by atoms with Gasteiger partial charge in [-0.05, 0) is 18.6 Å². The maximum Gasteiger partial charge on any atom is 0.273 e. The SMILES string of the molecule is CCCCCn1c(=O)c2ccccc2n2c(SCc3ccccc3[N+](=O)[O-])nnc12. The van der Waals surface area contributed by atoms with Gasteiger partial charge in [0.2, 0.25) is 5.78 Å². The van der Waals surface area contributed by atoms with Crippen LogP contribution in [0.4, 0.5) is 5.69 Å². The Bertz CT molecular complexity index is 1280. The Morgan fingerprint density at radius 1 is 1.07 bits per heavy atom. The van der Waals surface area contributed by atoms with Crippen molar-refractivity contribution < 1.29 is 4.92 Å². The number of hydrogen-bond acceptors (Lipinski definition) is 6. The van der Waals surface area contributed by atoms with E-state index in [0.29, 0.717) is 34.2 Å². The van der Waals surface area contributed by atoms with Gasteiger partial charge in [0.25, 0.3) is 11.2 Å². The number of unbranched alkanes of at least 4 members (excludes halogenated alkanes) is 2. The van der Waals surface area contributed by atoms with Crippen LogP contribution in [-0.2, 0) is 12.3 Å². The number of nitro groups is 1. The molecule has 2 heterocycles. The third-order valence-electron chi connectivity index (χ3n) is 5.01. The summed E-state index contributed by atoms with van der Waals surface area (Å²) >= 11 is 1.37. The van der Waals surface area contributed by atoms with Gasteiger partial charge in [0.05, 0.1) is 15.8 Å². The number of nitrogens with zero attached hydrogens (tertiary/aromatic N) is 5. The third kappa shape index (κ3) is 3.68. The van der Waals surface area contributed by atoms with E-state index in [1.165, 1.54) is 17.8 Å². The maximum absolute atomic E-state index is 13.0. The molecular formula is C21H21N5O3S. The average molecular weight is 423 g/mol. The highest BCUT2D eigenvalue weighted by Crippen LogP contribution is 2.28. The van der Waals surface area contributed by atoms with E-state index in [2.05, 4.69) is 17.1 Å². The monoisotopic (exact) mass is 423 g/mol. The lowest BCUT2D eigenvalue weighted by atomic mass is 10.2. The average Bonchev–Trinajstić information content (AvgIpc) is 3.18. The van der Waals surface area contributed by atoms with E-state index >= 15 is 0 Å². The summed E-state index contributed by atoms with van der Waals surface area (Å²) < 4.78 is 3.56. The topological polar surface area (TPSA) is 95.3 Å². The molecule has 4 aromatic rings. The lowest BCUT2D eigenvalue weighted by Crippen LogP contribution is -2.23. The minimum Gasteiger partial charge on any atom is -0.276 e. The van der Waals surface area contributed by atoms with E-state index in [4.69, 9.17) is 0 Å². The molecule has 2 aromatic carbocycles. The van der Waals surface area contributed by atoms with Crippen molar-refractivity contribution in [2.75, 3.05) is 0 Å². The van der Waals surface area contributed by atoms with Crippen molar-refractivity contribution in [3.63, 3.8) is 0 Å². The molecule has 154 valence electrons. The molecule has 30 heavy (non-hydrogen) atoms. The van der Waals surface area contributed by atoms with Crippen LogP contribution in [-0.4, -0.2) is 24.1 Å². The van der Waals surface area contributed by atoms with Gasteiger partial charge in [-0.15, -0.1) is 10.2 Å². The van der Waals surface area contributed by atoms with Crippen molar-refractivity contribution >= 4 is 34.1 Å². The highest BCUT2D eigenvalue weighted by molar-refractivity contribution is 7.98. The normalized spacial score (nSPS) is 11.4. The summed E-state index contributed by atoms with van der Waals surface area (Å²) in [6.45, 7) is 2.70. The lowest BCUT2D eigenvalue weighted by Gasteiger charge is -2.11. The van der Waals surface area contributed by atoms with Crippen LogP contribution in [0.15, 0.2) is 58.5 Å². The van der Waals surface area contributed by atoms with Crippen molar-refractivity contribution in [1.82, 2.24) is 19.2 Å². The molecule has 0 atom stereocenters. The van der Waals surface area contributed by atoms with Crippen molar-refractivity contribution in [1.29, 1.82) is 0 Å². The van der Waals surface area contributed by atoms with Gasteiger partial charge in [-0.25, -0.2) is 0 Å². The third-order valence-corrected chi connectivity index (χ3v) is 5.99. The Kier molecular flexibility index (Phi) is 5.80. The first kappa shape index (κ1) is 20.1. The highest BCUT2D eigenvalue weighted by atomic mass is 32.2. The van der Waals surface area contributed by atoms with E-state index in [9.17, 15) is 14.9 Å². The predicted molar refractivity (Wildman–Crippen MR) is 117 cm³/mol. The van der Waals surface area contributed by atoms with Gasteiger partial charge in [-0.1, -0.05) is 61.9 Å². The fourth-order valence-electron chi connectivity index (χ4n) is 3.50. The van der Waals surface area contributed by atoms with Crippen LogP contribution >= 0.6 is 11.8 Å². The Labute approximate surface area is 176 Å². The molecule has 0 fully saturated rings. The Balaban J connectivity index is 1.79. The molecule has 0 N–H and O–H groups in total. The number of thioether (sulfide) groups is 1. The molecule has 9 heteroatoms. The minimum atomic E-state index is -0.376. The molecule has 8 nitrogen and oxygen atoms in total. The molecule has 2 aromatic heterocycles.